The minimum Gasteiger partial charge on any atom is -0.459 e. The van der Waals surface area contributed by atoms with E-state index in [-0.39, 0.29) is 0 Å². The highest BCUT2D eigenvalue weighted by molar-refractivity contribution is 7.13. The van der Waals surface area contributed by atoms with Crippen molar-refractivity contribution < 1.29 is 4.42 Å². The first-order valence-corrected chi connectivity index (χ1v) is 6.25. The number of aryl methyl sites for hydroxylation is 1. The SMILES string of the molecule is CNC(C)Cc1csc(-c2ccc(C)o2)n1. The van der Waals surface area contributed by atoms with Crippen molar-refractivity contribution in [2.45, 2.75) is 26.3 Å². The Bertz CT molecular complexity index is 461. The number of hydrogen-bond acceptors (Lipinski definition) is 4. The fraction of sp³-hybridized carbons (Fsp3) is 0.417. The Balaban J connectivity index is 2.13. The van der Waals surface area contributed by atoms with Gasteiger partial charge >= 0.3 is 0 Å². The lowest BCUT2D eigenvalue weighted by atomic mass is 10.2. The lowest BCUT2D eigenvalue weighted by molar-refractivity contribution is 0.547. The maximum atomic E-state index is 5.55. The van der Waals surface area contributed by atoms with Crippen LogP contribution >= 0.6 is 11.3 Å². The van der Waals surface area contributed by atoms with E-state index in [9.17, 15) is 0 Å². The summed E-state index contributed by atoms with van der Waals surface area (Å²) in [7, 11) is 1.97. The molecule has 1 unspecified atom stereocenters. The van der Waals surface area contributed by atoms with Crippen LogP contribution in [0.4, 0.5) is 0 Å². The van der Waals surface area contributed by atoms with Crippen LogP contribution in [0.15, 0.2) is 21.9 Å². The topological polar surface area (TPSA) is 38.1 Å². The van der Waals surface area contributed by atoms with Crippen LogP contribution < -0.4 is 5.32 Å². The summed E-state index contributed by atoms with van der Waals surface area (Å²) in [6.45, 7) is 4.09. The minimum absolute atomic E-state index is 0.452. The second-order valence-electron chi connectivity index (χ2n) is 3.95. The predicted molar refractivity (Wildman–Crippen MR) is 66.8 cm³/mol. The van der Waals surface area contributed by atoms with E-state index in [1.807, 2.05) is 26.1 Å². The quantitative estimate of drug-likeness (QED) is 0.887. The van der Waals surface area contributed by atoms with Gasteiger partial charge in [0.2, 0.25) is 0 Å². The molecule has 0 radical (unpaired) electrons. The van der Waals surface area contributed by atoms with Crippen LogP contribution in [0.1, 0.15) is 18.4 Å². The van der Waals surface area contributed by atoms with Gasteiger partial charge < -0.3 is 9.73 Å². The molecule has 1 atom stereocenters. The molecule has 0 aliphatic heterocycles. The molecule has 1 N–H and O–H groups in total. The molecule has 0 amide bonds. The highest BCUT2D eigenvalue weighted by Gasteiger charge is 2.09. The van der Waals surface area contributed by atoms with E-state index in [0.717, 1.165) is 28.6 Å². The van der Waals surface area contributed by atoms with Crippen LogP contribution in [0, 0.1) is 6.92 Å². The molecule has 0 spiro atoms. The number of thiazole rings is 1. The van der Waals surface area contributed by atoms with Gasteiger partial charge in [0.25, 0.3) is 0 Å². The number of furan rings is 1. The van der Waals surface area contributed by atoms with Crippen molar-refractivity contribution in [3.05, 3.63) is 29.0 Å². The van der Waals surface area contributed by atoms with Crippen molar-refractivity contribution in [1.82, 2.24) is 10.3 Å². The first-order valence-electron chi connectivity index (χ1n) is 5.37. The molecule has 16 heavy (non-hydrogen) atoms. The van der Waals surface area contributed by atoms with Gasteiger partial charge in [-0.15, -0.1) is 11.3 Å². The Morgan fingerprint density at radius 2 is 2.31 bits per heavy atom. The molecule has 0 aliphatic rings. The third kappa shape index (κ3) is 2.51. The van der Waals surface area contributed by atoms with Crippen molar-refractivity contribution in [2.75, 3.05) is 7.05 Å². The standard InChI is InChI=1S/C12H16N2OS/c1-8(13-3)6-10-7-16-12(14-10)11-5-4-9(2)15-11/h4-5,7-8,13H,6H2,1-3H3. The predicted octanol–water partition coefficient (Wildman–Crippen LogP) is 2.86. The van der Waals surface area contributed by atoms with Gasteiger partial charge in [0, 0.05) is 17.8 Å². The largest absolute Gasteiger partial charge is 0.459 e. The van der Waals surface area contributed by atoms with Crippen LogP contribution in [0.25, 0.3) is 10.8 Å². The van der Waals surface area contributed by atoms with Gasteiger partial charge in [0.05, 0.1) is 5.69 Å². The monoisotopic (exact) mass is 236 g/mol. The average molecular weight is 236 g/mol. The van der Waals surface area contributed by atoms with Crippen molar-refractivity contribution in [3.63, 3.8) is 0 Å². The molecule has 0 fully saturated rings. The Morgan fingerprint density at radius 3 is 2.94 bits per heavy atom. The zero-order valence-corrected chi connectivity index (χ0v) is 10.6. The average Bonchev–Trinajstić information content (AvgIpc) is 2.87. The van der Waals surface area contributed by atoms with Crippen LogP contribution in [0.2, 0.25) is 0 Å². The molecule has 2 heterocycles. The van der Waals surface area contributed by atoms with E-state index < -0.39 is 0 Å². The molecule has 3 nitrogen and oxygen atoms in total. The summed E-state index contributed by atoms with van der Waals surface area (Å²) in [5.74, 6) is 1.79. The van der Waals surface area contributed by atoms with Crippen molar-refractivity contribution >= 4 is 11.3 Å². The number of nitrogens with one attached hydrogen (secondary N) is 1. The fourth-order valence-electron chi connectivity index (χ4n) is 1.48. The lowest BCUT2D eigenvalue weighted by Crippen LogP contribution is -2.23. The summed E-state index contributed by atoms with van der Waals surface area (Å²) in [5, 5.41) is 6.27. The van der Waals surface area contributed by atoms with Gasteiger partial charge in [-0.25, -0.2) is 4.98 Å². The van der Waals surface area contributed by atoms with Gasteiger partial charge in [0.1, 0.15) is 5.76 Å². The molecular formula is C12H16N2OS. The Morgan fingerprint density at radius 1 is 1.50 bits per heavy atom. The second kappa shape index (κ2) is 4.80. The van der Waals surface area contributed by atoms with Crippen molar-refractivity contribution in [1.29, 1.82) is 0 Å². The van der Waals surface area contributed by atoms with Gasteiger partial charge in [0.15, 0.2) is 10.8 Å². The molecule has 2 aromatic heterocycles. The number of likely N-dealkylation sites (N-methyl/N-ethyl adjacent to an activating group) is 1. The molecule has 0 saturated carbocycles. The maximum absolute atomic E-state index is 5.55. The fourth-order valence-corrected chi connectivity index (χ4v) is 2.27. The smallest absolute Gasteiger partial charge is 0.162 e. The summed E-state index contributed by atoms with van der Waals surface area (Å²) in [5.41, 5.74) is 1.12. The molecule has 2 aromatic rings. The second-order valence-corrected chi connectivity index (χ2v) is 4.81. The molecule has 2 rings (SSSR count). The highest BCUT2D eigenvalue weighted by Crippen LogP contribution is 2.25. The molecule has 0 saturated heterocycles. The molecule has 0 aliphatic carbocycles. The first kappa shape index (κ1) is 11.4. The Hall–Kier alpha value is -1.13. The van der Waals surface area contributed by atoms with Crippen LogP contribution in [-0.4, -0.2) is 18.1 Å². The normalized spacial score (nSPS) is 12.9. The van der Waals surface area contributed by atoms with Crippen molar-refractivity contribution in [3.8, 4) is 10.8 Å². The van der Waals surface area contributed by atoms with Gasteiger partial charge in [-0.05, 0) is 33.0 Å². The van der Waals surface area contributed by atoms with E-state index in [4.69, 9.17) is 4.42 Å². The zero-order valence-electron chi connectivity index (χ0n) is 9.78. The third-order valence-corrected chi connectivity index (χ3v) is 3.42. The van der Waals surface area contributed by atoms with Gasteiger partial charge in [-0.1, -0.05) is 0 Å². The molecule has 0 bridgehead atoms. The summed E-state index contributed by atoms with van der Waals surface area (Å²) in [6, 6.07) is 4.39. The van der Waals surface area contributed by atoms with E-state index >= 15 is 0 Å². The highest BCUT2D eigenvalue weighted by atomic mass is 32.1. The number of nitrogens with zero attached hydrogens (tertiary/aromatic N) is 1. The summed E-state index contributed by atoms with van der Waals surface area (Å²) in [6.07, 6.45) is 0.951. The summed E-state index contributed by atoms with van der Waals surface area (Å²) in [4.78, 5) is 4.57. The lowest BCUT2D eigenvalue weighted by Gasteiger charge is -2.06. The van der Waals surface area contributed by atoms with Crippen LogP contribution in [-0.2, 0) is 6.42 Å². The first-order chi connectivity index (χ1) is 7.69. The zero-order chi connectivity index (χ0) is 11.5. The molecular weight excluding hydrogens is 220 g/mol. The number of aromatic nitrogens is 1. The summed E-state index contributed by atoms with van der Waals surface area (Å²) < 4.78 is 5.55. The minimum atomic E-state index is 0.452. The Labute approximate surface area is 99.5 Å². The third-order valence-electron chi connectivity index (χ3n) is 2.51. The van der Waals surface area contributed by atoms with Gasteiger partial charge in [-0.3, -0.25) is 0 Å². The number of rotatable bonds is 4. The van der Waals surface area contributed by atoms with E-state index in [0.29, 0.717) is 6.04 Å². The number of hydrogen-bond donors (Lipinski definition) is 1. The Kier molecular flexibility index (Phi) is 3.41. The summed E-state index contributed by atoms with van der Waals surface area (Å²) >= 11 is 1.64. The molecule has 0 aromatic carbocycles. The van der Waals surface area contributed by atoms with E-state index in [1.54, 1.807) is 11.3 Å². The van der Waals surface area contributed by atoms with Crippen molar-refractivity contribution in [2.24, 2.45) is 0 Å². The maximum Gasteiger partial charge on any atom is 0.162 e. The van der Waals surface area contributed by atoms with E-state index in [2.05, 4.69) is 22.6 Å². The van der Waals surface area contributed by atoms with E-state index in [1.165, 1.54) is 0 Å². The molecule has 86 valence electrons. The molecule has 4 heteroatoms. The van der Waals surface area contributed by atoms with Crippen LogP contribution in [0.3, 0.4) is 0 Å². The van der Waals surface area contributed by atoms with Gasteiger partial charge in [-0.2, -0.15) is 0 Å². The van der Waals surface area contributed by atoms with Crippen LogP contribution in [0.5, 0.6) is 0 Å².